The van der Waals surface area contributed by atoms with E-state index < -0.39 is 8.07 Å². The van der Waals surface area contributed by atoms with Crippen molar-refractivity contribution in [2.75, 3.05) is 26.7 Å². The summed E-state index contributed by atoms with van der Waals surface area (Å²) < 4.78 is 5.23. The van der Waals surface area contributed by atoms with Crippen LogP contribution >= 0.6 is 0 Å². The molecule has 1 unspecified atom stereocenters. The standard InChI is InChI=1S/C12H24N2O2Si/c1-14-7-9-10(8-14)11(9)13-12(15)16-5-6-17(2,3)4/h9-11H,5-8H2,1-4H3,(H,13,15)/t9-,10+,11?. The van der Waals surface area contributed by atoms with E-state index in [1.165, 1.54) is 0 Å². The lowest BCUT2D eigenvalue weighted by atomic mass is 10.4. The molecule has 4 nitrogen and oxygen atoms in total. The lowest BCUT2D eigenvalue weighted by molar-refractivity contribution is 0.149. The summed E-state index contributed by atoms with van der Waals surface area (Å²) in [6.45, 7) is 9.67. The van der Waals surface area contributed by atoms with Crippen LogP contribution in [0.2, 0.25) is 25.7 Å². The first-order chi connectivity index (χ1) is 7.87. The summed E-state index contributed by atoms with van der Waals surface area (Å²) in [7, 11) is 1.04. The second kappa shape index (κ2) is 4.61. The number of hydrogen-bond acceptors (Lipinski definition) is 3. The number of carbonyl (C=O) groups is 1. The van der Waals surface area contributed by atoms with Gasteiger partial charge < -0.3 is 15.0 Å². The van der Waals surface area contributed by atoms with Crippen LogP contribution in [0.4, 0.5) is 4.79 Å². The van der Waals surface area contributed by atoms with Crippen LogP contribution in [-0.4, -0.2) is 51.9 Å². The molecule has 1 saturated heterocycles. The van der Waals surface area contributed by atoms with Gasteiger partial charge in [-0.05, 0) is 24.9 Å². The molecule has 1 N–H and O–H groups in total. The second-order valence-electron chi connectivity index (χ2n) is 6.67. The zero-order valence-corrected chi connectivity index (χ0v) is 12.3. The number of piperidine rings is 1. The third-order valence-electron chi connectivity index (χ3n) is 3.75. The van der Waals surface area contributed by atoms with Crippen LogP contribution in [0.15, 0.2) is 0 Å². The molecular formula is C12H24N2O2Si. The van der Waals surface area contributed by atoms with Gasteiger partial charge in [0.05, 0.1) is 6.61 Å². The van der Waals surface area contributed by atoms with Crippen molar-refractivity contribution >= 4 is 14.2 Å². The van der Waals surface area contributed by atoms with Gasteiger partial charge in [0, 0.05) is 27.2 Å². The number of nitrogens with one attached hydrogen (secondary N) is 1. The van der Waals surface area contributed by atoms with Gasteiger partial charge in [0.15, 0.2) is 0 Å². The molecule has 98 valence electrons. The average Bonchev–Trinajstić information content (AvgIpc) is 2.65. The van der Waals surface area contributed by atoms with Crippen LogP contribution in [0.5, 0.6) is 0 Å². The maximum Gasteiger partial charge on any atom is 0.407 e. The summed E-state index contributed by atoms with van der Waals surface area (Å²) in [5.41, 5.74) is 0. The van der Waals surface area contributed by atoms with Gasteiger partial charge in [-0.25, -0.2) is 4.79 Å². The van der Waals surface area contributed by atoms with E-state index in [1.54, 1.807) is 0 Å². The molecule has 0 bridgehead atoms. The highest BCUT2D eigenvalue weighted by molar-refractivity contribution is 6.76. The summed E-state index contributed by atoms with van der Waals surface area (Å²) in [6.07, 6.45) is -0.217. The molecular weight excluding hydrogens is 232 g/mol. The fourth-order valence-electron chi connectivity index (χ4n) is 2.58. The molecule has 5 heteroatoms. The van der Waals surface area contributed by atoms with E-state index in [9.17, 15) is 4.79 Å². The minimum Gasteiger partial charge on any atom is -0.450 e. The van der Waals surface area contributed by atoms with Gasteiger partial charge in [0.2, 0.25) is 0 Å². The second-order valence-corrected chi connectivity index (χ2v) is 12.3. The smallest absolute Gasteiger partial charge is 0.407 e. The lowest BCUT2D eigenvalue weighted by Gasteiger charge is -2.16. The van der Waals surface area contributed by atoms with Gasteiger partial charge in [0.25, 0.3) is 0 Å². The number of amides is 1. The molecule has 0 radical (unpaired) electrons. The number of likely N-dealkylation sites (tertiary alicyclic amines) is 1. The van der Waals surface area contributed by atoms with Gasteiger partial charge in [0.1, 0.15) is 0 Å². The molecule has 1 aliphatic heterocycles. The molecule has 3 atom stereocenters. The summed E-state index contributed by atoms with van der Waals surface area (Å²) >= 11 is 0. The van der Waals surface area contributed by atoms with Gasteiger partial charge in [-0.1, -0.05) is 19.6 Å². The summed E-state index contributed by atoms with van der Waals surface area (Å²) in [5.74, 6) is 1.34. The molecule has 0 aromatic carbocycles. The van der Waals surface area contributed by atoms with Crippen LogP contribution in [0, 0.1) is 11.8 Å². The van der Waals surface area contributed by atoms with E-state index >= 15 is 0 Å². The van der Waals surface area contributed by atoms with Crippen molar-refractivity contribution < 1.29 is 9.53 Å². The Morgan fingerprint density at radius 1 is 1.35 bits per heavy atom. The van der Waals surface area contributed by atoms with Crippen LogP contribution < -0.4 is 5.32 Å². The van der Waals surface area contributed by atoms with Crippen LogP contribution in [0.3, 0.4) is 0 Å². The summed E-state index contributed by atoms with van der Waals surface area (Å²) in [4.78, 5) is 13.9. The lowest BCUT2D eigenvalue weighted by Crippen LogP contribution is -2.34. The molecule has 2 rings (SSSR count). The molecule has 1 heterocycles. The van der Waals surface area contributed by atoms with Gasteiger partial charge >= 0.3 is 6.09 Å². The van der Waals surface area contributed by atoms with E-state index in [1.807, 2.05) is 0 Å². The Balaban J connectivity index is 1.60. The highest BCUT2D eigenvalue weighted by Gasteiger charge is 2.55. The number of carbonyl (C=O) groups excluding carboxylic acids is 1. The number of ether oxygens (including phenoxy) is 1. The molecule has 1 saturated carbocycles. The number of alkyl carbamates (subject to hydrolysis) is 1. The number of fused-ring (bicyclic) bond motifs is 1. The average molecular weight is 256 g/mol. The van der Waals surface area contributed by atoms with Gasteiger partial charge in [-0.3, -0.25) is 0 Å². The van der Waals surface area contributed by atoms with Crippen molar-refractivity contribution in [2.45, 2.75) is 31.7 Å². The predicted molar refractivity (Wildman–Crippen MR) is 70.9 cm³/mol. The predicted octanol–water partition coefficient (Wildman–Crippen LogP) is 1.61. The molecule has 1 amide bonds. The Morgan fingerprint density at radius 2 is 1.94 bits per heavy atom. The molecule has 0 aromatic heterocycles. The van der Waals surface area contributed by atoms with Crippen LogP contribution in [0.25, 0.3) is 0 Å². The summed E-state index contributed by atoms with van der Waals surface area (Å²) in [6, 6.07) is 1.42. The normalized spacial score (nSPS) is 32.1. The number of hydrogen-bond donors (Lipinski definition) is 1. The minimum atomic E-state index is -1.09. The van der Waals surface area contributed by atoms with Crippen molar-refractivity contribution in [2.24, 2.45) is 11.8 Å². The monoisotopic (exact) mass is 256 g/mol. The van der Waals surface area contributed by atoms with E-state index in [0.29, 0.717) is 24.5 Å². The Labute approximate surface area is 105 Å². The molecule has 2 aliphatic rings. The van der Waals surface area contributed by atoms with Crippen LogP contribution in [-0.2, 0) is 4.74 Å². The van der Waals surface area contributed by atoms with Crippen molar-refractivity contribution in [1.82, 2.24) is 10.2 Å². The fraction of sp³-hybridized carbons (Fsp3) is 0.917. The van der Waals surface area contributed by atoms with Crippen molar-refractivity contribution in [1.29, 1.82) is 0 Å². The SMILES string of the molecule is CN1C[C@@H]2C(NC(=O)OCC[Si](C)(C)C)[C@@H]2C1. The Kier molecular flexibility index (Phi) is 3.50. The van der Waals surface area contributed by atoms with Crippen molar-refractivity contribution in [3.05, 3.63) is 0 Å². The third kappa shape index (κ3) is 3.45. The Hall–Kier alpha value is -0.553. The zero-order chi connectivity index (χ0) is 12.6. The molecule has 0 aromatic rings. The van der Waals surface area contributed by atoms with Crippen molar-refractivity contribution in [3.63, 3.8) is 0 Å². The maximum atomic E-state index is 11.6. The van der Waals surface area contributed by atoms with E-state index in [4.69, 9.17) is 4.74 Å². The summed E-state index contributed by atoms with van der Waals surface area (Å²) in [5, 5.41) is 2.99. The Morgan fingerprint density at radius 3 is 2.47 bits per heavy atom. The first-order valence-corrected chi connectivity index (χ1v) is 10.2. The number of nitrogens with zero attached hydrogens (tertiary/aromatic N) is 1. The maximum absolute atomic E-state index is 11.6. The Bertz CT molecular complexity index is 291. The molecule has 17 heavy (non-hydrogen) atoms. The van der Waals surface area contributed by atoms with E-state index in [0.717, 1.165) is 19.1 Å². The van der Waals surface area contributed by atoms with E-state index in [2.05, 4.69) is 36.9 Å². The minimum absolute atomic E-state index is 0.217. The third-order valence-corrected chi connectivity index (χ3v) is 5.45. The first kappa shape index (κ1) is 12.9. The highest BCUT2D eigenvalue weighted by Crippen LogP contribution is 2.44. The van der Waals surface area contributed by atoms with Gasteiger partial charge in [-0.2, -0.15) is 0 Å². The molecule has 0 spiro atoms. The van der Waals surface area contributed by atoms with Crippen molar-refractivity contribution in [3.8, 4) is 0 Å². The quantitative estimate of drug-likeness (QED) is 0.777. The first-order valence-electron chi connectivity index (χ1n) is 6.49. The van der Waals surface area contributed by atoms with Gasteiger partial charge in [-0.15, -0.1) is 0 Å². The van der Waals surface area contributed by atoms with Crippen LogP contribution in [0.1, 0.15) is 0 Å². The molecule has 2 fully saturated rings. The van der Waals surface area contributed by atoms with E-state index in [-0.39, 0.29) is 6.09 Å². The number of rotatable bonds is 4. The molecule has 1 aliphatic carbocycles. The largest absolute Gasteiger partial charge is 0.450 e. The zero-order valence-electron chi connectivity index (χ0n) is 11.3. The fourth-order valence-corrected chi connectivity index (χ4v) is 3.29. The topological polar surface area (TPSA) is 41.6 Å². The highest BCUT2D eigenvalue weighted by atomic mass is 28.3.